The van der Waals surface area contributed by atoms with Crippen molar-refractivity contribution < 1.29 is 39.0 Å². The molecule has 0 aliphatic carbocycles. The number of nitrogen functional groups attached to an aromatic ring is 1. The van der Waals surface area contributed by atoms with E-state index in [0.29, 0.717) is 29.6 Å². The SMILES string of the molecule is C[N+]1(C/C=C/C2=C(C(=O)[O-])N3C(=O)[C@@H](NC(=O)/C(=N\OCC#N)c4nsc(N)n4)[C@@H]3SC2)C[C@H](O)C[C@@H]1CO. The average Bonchev–Trinajstić information content (AvgIpc) is 3.45. The second-order valence-corrected chi connectivity index (χ2v) is 11.2. The second-order valence-electron chi connectivity index (χ2n) is 9.32. The predicted octanol–water partition coefficient (Wildman–Crippen LogP) is -3.10. The number of carboxylic acid groups (broad SMARTS) is 1. The largest absolute Gasteiger partial charge is 0.543 e. The van der Waals surface area contributed by atoms with Crippen LogP contribution in [0, 0.1) is 11.3 Å². The Hall–Kier alpha value is -3.56. The fourth-order valence-electron chi connectivity index (χ4n) is 4.82. The van der Waals surface area contributed by atoms with Crippen LogP contribution in [-0.2, 0) is 19.2 Å². The minimum atomic E-state index is -1.53. The van der Waals surface area contributed by atoms with Crippen LogP contribution in [0.3, 0.4) is 0 Å². The van der Waals surface area contributed by atoms with Gasteiger partial charge in [-0.05, 0) is 11.6 Å². The number of nitrogens with one attached hydrogen (secondary N) is 1. The highest BCUT2D eigenvalue weighted by atomic mass is 32.2. The first-order valence-corrected chi connectivity index (χ1v) is 13.6. The van der Waals surface area contributed by atoms with E-state index in [4.69, 9.17) is 15.8 Å². The zero-order valence-electron chi connectivity index (χ0n) is 20.7. The van der Waals surface area contributed by atoms with Crippen molar-refractivity contribution in [2.75, 3.05) is 44.8 Å². The van der Waals surface area contributed by atoms with E-state index >= 15 is 0 Å². The van der Waals surface area contributed by atoms with Crippen LogP contribution < -0.4 is 16.2 Å². The molecule has 1 aromatic heterocycles. The molecule has 3 aliphatic heterocycles. The number of likely N-dealkylation sites (N-methyl/N-ethyl adjacent to an activating group) is 1. The fourth-order valence-corrected chi connectivity index (χ4v) is 6.57. The van der Waals surface area contributed by atoms with Gasteiger partial charge in [0.15, 0.2) is 5.13 Å². The molecule has 2 amide bonds. The molecule has 2 saturated heterocycles. The molecule has 0 saturated carbocycles. The minimum Gasteiger partial charge on any atom is -0.543 e. The first kappa shape index (κ1) is 28.4. The van der Waals surface area contributed by atoms with Crippen LogP contribution in [0.25, 0.3) is 0 Å². The minimum absolute atomic E-state index is 0.0626. The standard InChI is InChI=1S/C22H26N8O7S2/c1-30(8-13(32)7-12(30)9-31)5-2-3-11-10-38-20-15(19(34)29(20)16(11)21(35)36)25-18(33)14(27-37-6-4-23)17-26-22(24)39-28-17/h2-3,12-13,15,20,31-32H,5-10H2,1H3,(H3-,24,25,26,28,33,35,36)/b3-2+,27-14-/t12-,13-,15-,20+,30?/m1/s1. The van der Waals surface area contributed by atoms with E-state index in [2.05, 4.69) is 19.8 Å². The number of anilines is 1. The molecule has 4 heterocycles. The molecule has 4 rings (SSSR count). The van der Waals surface area contributed by atoms with Gasteiger partial charge in [-0.15, -0.1) is 11.8 Å². The molecule has 15 nitrogen and oxygen atoms in total. The van der Waals surface area contributed by atoms with Gasteiger partial charge in [0.1, 0.15) is 36.2 Å². The number of nitrogens with zero attached hydrogens (tertiary/aromatic N) is 6. The number of aliphatic hydroxyl groups excluding tert-OH is 2. The summed E-state index contributed by atoms with van der Waals surface area (Å²) in [6.07, 6.45) is 3.33. The third kappa shape index (κ3) is 5.74. The van der Waals surface area contributed by atoms with E-state index in [9.17, 15) is 29.7 Å². The number of hydrogen-bond acceptors (Lipinski definition) is 14. The average molecular weight is 579 g/mol. The van der Waals surface area contributed by atoms with E-state index in [1.54, 1.807) is 18.2 Å². The van der Waals surface area contributed by atoms with Crippen LogP contribution >= 0.6 is 23.3 Å². The maximum absolute atomic E-state index is 13.0. The van der Waals surface area contributed by atoms with Gasteiger partial charge in [0.25, 0.3) is 11.8 Å². The molecular formula is C22H26N8O7S2. The number of nitrogens with two attached hydrogens (primary N) is 1. The highest BCUT2D eigenvalue weighted by Crippen LogP contribution is 2.40. The van der Waals surface area contributed by atoms with Crippen molar-refractivity contribution in [3.05, 3.63) is 29.2 Å². The van der Waals surface area contributed by atoms with Crippen LogP contribution in [0.5, 0.6) is 0 Å². The number of nitriles is 1. The summed E-state index contributed by atoms with van der Waals surface area (Å²) in [5.74, 6) is -2.97. The Kier molecular flexibility index (Phi) is 8.51. The number of thioether (sulfide) groups is 1. The van der Waals surface area contributed by atoms with Crippen molar-refractivity contribution in [3.63, 3.8) is 0 Å². The van der Waals surface area contributed by atoms with Crippen LogP contribution in [0.1, 0.15) is 12.2 Å². The summed E-state index contributed by atoms with van der Waals surface area (Å²) >= 11 is 2.07. The Morgan fingerprint density at radius 3 is 2.90 bits per heavy atom. The number of aromatic nitrogens is 2. The number of β-lactam (4-membered cyclic amide) rings is 1. The van der Waals surface area contributed by atoms with E-state index in [-0.39, 0.29) is 35.1 Å². The van der Waals surface area contributed by atoms with Crippen molar-refractivity contribution in [1.29, 1.82) is 5.26 Å². The molecule has 0 bridgehead atoms. The van der Waals surface area contributed by atoms with Gasteiger partial charge >= 0.3 is 0 Å². The van der Waals surface area contributed by atoms with Gasteiger partial charge in [-0.25, -0.2) is 0 Å². The molecular weight excluding hydrogens is 552 g/mol. The van der Waals surface area contributed by atoms with Crippen molar-refractivity contribution in [1.82, 2.24) is 19.6 Å². The number of carboxylic acids is 1. The zero-order chi connectivity index (χ0) is 28.3. The summed E-state index contributed by atoms with van der Waals surface area (Å²) in [5, 5.41) is 45.8. The zero-order valence-corrected chi connectivity index (χ0v) is 22.4. The number of amides is 2. The first-order valence-electron chi connectivity index (χ1n) is 11.8. The lowest BCUT2D eigenvalue weighted by Gasteiger charge is -2.50. The van der Waals surface area contributed by atoms with Crippen LogP contribution in [0.15, 0.2) is 28.6 Å². The molecule has 2 fully saturated rings. The topological polar surface area (TPSA) is 227 Å². The third-order valence-corrected chi connectivity index (χ3v) is 8.58. The van der Waals surface area contributed by atoms with E-state index in [1.807, 2.05) is 7.05 Å². The molecule has 0 spiro atoms. The molecule has 0 aromatic carbocycles. The van der Waals surface area contributed by atoms with Crippen molar-refractivity contribution >= 4 is 51.9 Å². The number of allylic oxidation sites excluding steroid dienone is 1. The number of rotatable bonds is 10. The number of carbonyl (C=O) groups excluding carboxylic acids is 3. The van der Waals surface area contributed by atoms with Gasteiger partial charge in [0.05, 0.1) is 31.9 Å². The monoisotopic (exact) mass is 578 g/mol. The van der Waals surface area contributed by atoms with Gasteiger partial charge in [-0.3, -0.25) is 14.5 Å². The lowest BCUT2D eigenvalue weighted by molar-refractivity contribution is -0.917. The van der Waals surface area contributed by atoms with Gasteiger partial charge < -0.3 is 40.5 Å². The molecule has 0 radical (unpaired) electrons. The Morgan fingerprint density at radius 2 is 2.26 bits per heavy atom. The smallest absolute Gasteiger partial charge is 0.278 e. The maximum atomic E-state index is 13.0. The van der Waals surface area contributed by atoms with Gasteiger partial charge in [0.2, 0.25) is 18.1 Å². The second kappa shape index (κ2) is 11.7. The Labute approximate surface area is 231 Å². The van der Waals surface area contributed by atoms with Crippen molar-refractivity contribution in [3.8, 4) is 6.07 Å². The summed E-state index contributed by atoms with van der Waals surface area (Å²) < 4.78 is 4.31. The van der Waals surface area contributed by atoms with Crippen molar-refractivity contribution in [2.45, 2.75) is 30.0 Å². The number of hydrogen-bond donors (Lipinski definition) is 4. The number of aliphatic hydroxyl groups is 2. The van der Waals surface area contributed by atoms with Gasteiger partial charge in [0, 0.05) is 23.7 Å². The van der Waals surface area contributed by atoms with Gasteiger partial charge in [-0.1, -0.05) is 11.2 Å². The first-order chi connectivity index (χ1) is 18.6. The number of aliphatic carboxylic acids is 1. The quantitative estimate of drug-likeness (QED) is 0.0711. The van der Waals surface area contributed by atoms with Crippen LogP contribution in [0.4, 0.5) is 5.13 Å². The van der Waals surface area contributed by atoms with Crippen LogP contribution in [-0.4, -0.2) is 115 Å². The lowest BCUT2D eigenvalue weighted by atomic mass is 10.0. The number of fused-ring (bicyclic) bond motifs is 1. The number of likely N-dealkylation sites (tertiary alicyclic amines) is 1. The molecule has 17 heteroatoms. The number of quaternary nitrogens is 1. The highest BCUT2D eigenvalue weighted by molar-refractivity contribution is 8.00. The normalized spacial score (nSPS) is 28.7. The molecule has 3 aliphatic rings. The highest BCUT2D eigenvalue weighted by Gasteiger charge is 2.53. The number of carbonyl (C=O) groups is 3. The third-order valence-electron chi connectivity index (χ3n) is 6.74. The predicted molar refractivity (Wildman–Crippen MR) is 136 cm³/mol. The van der Waals surface area contributed by atoms with E-state index in [0.717, 1.165) is 16.4 Å². The summed E-state index contributed by atoms with van der Waals surface area (Å²) in [7, 11) is 1.91. The van der Waals surface area contributed by atoms with Gasteiger partial charge in [-0.2, -0.15) is 14.6 Å². The molecule has 1 unspecified atom stereocenters. The van der Waals surface area contributed by atoms with E-state index < -0.39 is 47.6 Å². The van der Waals surface area contributed by atoms with E-state index in [1.165, 1.54) is 11.8 Å². The Bertz CT molecular complexity index is 1290. The Morgan fingerprint density at radius 1 is 1.49 bits per heavy atom. The molecule has 1 aromatic rings. The van der Waals surface area contributed by atoms with Crippen molar-refractivity contribution in [2.24, 2.45) is 5.16 Å². The molecule has 5 N–H and O–H groups in total. The van der Waals surface area contributed by atoms with Crippen LogP contribution in [0.2, 0.25) is 0 Å². The maximum Gasteiger partial charge on any atom is 0.278 e. The molecule has 208 valence electrons. The summed E-state index contributed by atoms with van der Waals surface area (Å²) in [4.78, 5) is 47.7. The Balaban J connectivity index is 1.48. The summed E-state index contributed by atoms with van der Waals surface area (Å²) in [6, 6.07) is 0.494. The molecule has 39 heavy (non-hydrogen) atoms. The number of oxime groups is 1. The fraction of sp³-hybridized carbons (Fsp3) is 0.500. The lowest BCUT2D eigenvalue weighted by Crippen LogP contribution is -2.71. The molecule has 5 atom stereocenters. The summed E-state index contributed by atoms with van der Waals surface area (Å²) in [5.41, 5.74) is 5.27. The summed E-state index contributed by atoms with van der Waals surface area (Å²) in [6.45, 7) is 0.378.